The van der Waals surface area contributed by atoms with Crippen molar-refractivity contribution in [2.24, 2.45) is 0 Å². The van der Waals surface area contributed by atoms with Crippen LogP contribution in [-0.4, -0.2) is 59.5 Å². The van der Waals surface area contributed by atoms with Crippen LogP contribution in [0.4, 0.5) is 11.5 Å². The Bertz CT molecular complexity index is 1050. The molecular weight excluding hydrogens is 368 g/mol. The van der Waals surface area contributed by atoms with Crippen LogP contribution in [0.25, 0.3) is 22.6 Å². The van der Waals surface area contributed by atoms with Gasteiger partial charge in [-0.3, -0.25) is 0 Å². The van der Waals surface area contributed by atoms with Crippen LogP contribution in [0, 0.1) is 0 Å². The first kappa shape index (κ1) is 18.3. The molecule has 2 aliphatic heterocycles. The van der Waals surface area contributed by atoms with Crippen LogP contribution in [0.3, 0.4) is 0 Å². The monoisotopic (exact) mass is 394 g/mol. The molecule has 2 aromatic heterocycles. The van der Waals surface area contributed by atoms with Crippen molar-refractivity contribution in [3.05, 3.63) is 30.1 Å². The van der Waals surface area contributed by atoms with E-state index < -0.39 is 5.60 Å². The molecule has 0 radical (unpaired) electrons. The van der Waals surface area contributed by atoms with Gasteiger partial charge in [-0.15, -0.1) is 0 Å². The highest BCUT2D eigenvalue weighted by atomic mass is 16.5. The summed E-state index contributed by atoms with van der Waals surface area (Å²) in [5, 5.41) is 3.19. The summed E-state index contributed by atoms with van der Waals surface area (Å²) in [7, 11) is 1.91. The van der Waals surface area contributed by atoms with Crippen molar-refractivity contribution >= 4 is 22.7 Å². The van der Waals surface area contributed by atoms with Gasteiger partial charge < -0.3 is 24.3 Å². The van der Waals surface area contributed by atoms with E-state index in [0.717, 1.165) is 53.7 Å². The predicted molar refractivity (Wildman–Crippen MR) is 112 cm³/mol. The number of aromatic nitrogens is 4. The van der Waals surface area contributed by atoms with E-state index in [1.807, 2.05) is 25.2 Å². The molecule has 2 aliphatic rings. The maximum atomic E-state index is 5.98. The van der Waals surface area contributed by atoms with E-state index >= 15 is 0 Å². The van der Waals surface area contributed by atoms with E-state index in [9.17, 15) is 0 Å². The number of nitrogens with one attached hydrogen (secondary N) is 1. The molecular formula is C21H26N6O2. The molecule has 8 nitrogen and oxygen atoms in total. The Labute approximate surface area is 169 Å². The van der Waals surface area contributed by atoms with Gasteiger partial charge in [0.1, 0.15) is 11.4 Å². The summed E-state index contributed by atoms with van der Waals surface area (Å²) < 4.78 is 13.7. The largest absolute Gasteiger partial charge is 0.388 e. The zero-order valence-electron chi connectivity index (χ0n) is 17.1. The Morgan fingerprint density at radius 1 is 1.03 bits per heavy atom. The maximum Gasteiger partial charge on any atom is 0.166 e. The summed E-state index contributed by atoms with van der Waals surface area (Å²) in [6, 6.07) is 8.17. The van der Waals surface area contributed by atoms with E-state index in [1.54, 1.807) is 0 Å². The van der Waals surface area contributed by atoms with Crippen LogP contribution in [0.15, 0.2) is 24.3 Å². The highest BCUT2D eigenvalue weighted by Crippen LogP contribution is 2.35. The number of nitrogens with zero attached hydrogens (tertiary/aromatic N) is 5. The second-order valence-corrected chi connectivity index (χ2v) is 7.92. The molecule has 3 aromatic rings. The zero-order valence-corrected chi connectivity index (χ0v) is 17.1. The van der Waals surface area contributed by atoms with Crippen LogP contribution < -0.4 is 10.2 Å². The van der Waals surface area contributed by atoms with Crippen molar-refractivity contribution in [1.29, 1.82) is 0 Å². The summed E-state index contributed by atoms with van der Waals surface area (Å²) in [5.74, 6) is 2.49. The molecule has 0 atom stereocenters. The number of ether oxygens (including phenoxy) is 2. The van der Waals surface area contributed by atoms with Gasteiger partial charge in [-0.2, -0.15) is 0 Å². The van der Waals surface area contributed by atoms with Gasteiger partial charge in [-0.25, -0.2) is 15.0 Å². The zero-order chi connectivity index (χ0) is 20.0. The predicted octanol–water partition coefficient (Wildman–Crippen LogP) is 2.64. The highest BCUT2D eigenvalue weighted by molar-refractivity contribution is 5.86. The van der Waals surface area contributed by atoms with Crippen molar-refractivity contribution in [3.63, 3.8) is 0 Å². The molecule has 29 heavy (non-hydrogen) atoms. The van der Waals surface area contributed by atoms with Crippen LogP contribution in [0.1, 0.15) is 19.7 Å². The molecule has 152 valence electrons. The molecule has 0 amide bonds. The Morgan fingerprint density at radius 3 is 2.66 bits per heavy atom. The topological polar surface area (TPSA) is 77.3 Å². The van der Waals surface area contributed by atoms with Crippen LogP contribution in [0.5, 0.6) is 0 Å². The summed E-state index contributed by atoms with van der Waals surface area (Å²) in [4.78, 5) is 17.2. The third kappa shape index (κ3) is 3.12. The number of benzene rings is 1. The minimum atomic E-state index is -0.451. The first-order valence-corrected chi connectivity index (χ1v) is 10.1. The molecule has 1 N–H and O–H groups in total. The average molecular weight is 394 g/mol. The molecule has 0 aliphatic carbocycles. The van der Waals surface area contributed by atoms with Gasteiger partial charge in [0.25, 0.3) is 0 Å². The summed E-state index contributed by atoms with van der Waals surface area (Å²) in [6.07, 6.45) is 0. The molecule has 0 spiro atoms. The van der Waals surface area contributed by atoms with Gasteiger partial charge in [-0.1, -0.05) is 12.1 Å². The molecule has 0 saturated carbocycles. The Kier molecular flexibility index (Phi) is 4.40. The Morgan fingerprint density at radius 2 is 1.86 bits per heavy atom. The Balaban J connectivity index is 1.74. The minimum Gasteiger partial charge on any atom is -0.388 e. The third-order valence-electron chi connectivity index (χ3n) is 5.61. The van der Waals surface area contributed by atoms with E-state index in [4.69, 9.17) is 24.4 Å². The van der Waals surface area contributed by atoms with Gasteiger partial charge in [0.2, 0.25) is 0 Å². The van der Waals surface area contributed by atoms with Gasteiger partial charge in [0, 0.05) is 37.9 Å². The molecule has 0 unspecified atom stereocenters. The number of imidazole rings is 1. The molecule has 1 saturated heterocycles. The van der Waals surface area contributed by atoms with Crippen LogP contribution >= 0.6 is 0 Å². The lowest BCUT2D eigenvalue weighted by molar-refractivity contribution is -0.0530. The molecule has 0 bridgehead atoms. The molecule has 1 aromatic carbocycles. The Hall–Kier alpha value is -2.71. The van der Waals surface area contributed by atoms with Crippen molar-refractivity contribution in [2.45, 2.75) is 26.0 Å². The number of hydrogen-bond donors (Lipinski definition) is 1. The first-order valence-electron chi connectivity index (χ1n) is 10.1. The van der Waals surface area contributed by atoms with Crippen molar-refractivity contribution in [2.75, 3.05) is 50.2 Å². The minimum absolute atomic E-state index is 0.451. The van der Waals surface area contributed by atoms with Gasteiger partial charge in [0.15, 0.2) is 22.8 Å². The molecule has 1 fully saturated rings. The lowest BCUT2D eigenvalue weighted by Gasteiger charge is -2.30. The summed E-state index contributed by atoms with van der Waals surface area (Å²) >= 11 is 0. The van der Waals surface area contributed by atoms with Crippen molar-refractivity contribution in [1.82, 2.24) is 19.5 Å². The summed E-state index contributed by atoms with van der Waals surface area (Å²) in [6.45, 7) is 8.48. The number of rotatable bonds is 3. The first-order chi connectivity index (χ1) is 14.1. The van der Waals surface area contributed by atoms with E-state index in [0.29, 0.717) is 25.6 Å². The van der Waals surface area contributed by atoms with Crippen molar-refractivity contribution in [3.8, 4) is 11.4 Å². The number of hydrogen-bond acceptors (Lipinski definition) is 7. The van der Waals surface area contributed by atoms with E-state index in [1.165, 1.54) is 0 Å². The second kappa shape index (κ2) is 6.96. The lowest BCUT2D eigenvalue weighted by Crippen LogP contribution is -2.37. The van der Waals surface area contributed by atoms with E-state index in [-0.39, 0.29) is 0 Å². The quantitative estimate of drug-likeness (QED) is 0.732. The average Bonchev–Trinajstić information content (AvgIpc) is 3.14. The molecule has 4 heterocycles. The standard InChI is InChI=1S/C21H26N6O2/c1-21(2)20-23-16-18(26-7-10-28-11-8-26)24-17(14-5-4-6-15(13-14)22-3)25-19(16)27(20)9-12-29-21/h4-6,13,22H,7-12H2,1-3H3. The normalized spacial score (nSPS) is 18.7. The molecule has 5 rings (SSSR count). The number of anilines is 2. The van der Waals surface area contributed by atoms with Gasteiger partial charge in [-0.05, 0) is 26.0 Å². The number of fused-ring (bicyclic) bond motifs is 3. The fourth-order valence-electron chi connectivity index (χ4n) is 4.05. The fraction of sp³-hybridized carbons (Fsp3) is 0.476. The van der Waals surface area contributed by atoms with Crippen molar-refractivity contribution < 1.29 is 9.47 Å². The second-order valence-electron chi connectivity index (χ2n) is 7.92. The third-order valence-corrected chi connectivity index (χ3v) is 5.61. The van der Waals surface area contributed by atoms with Crippen LogP contribution in [0.2, 0.25) is 0 Å². The van der Waals surface area contributed by atoms with E-state index in [2.05, 4.69) is 34.7 Å². The SMILES string of the molecule is CNc1cccc(-c2nc(N3CCOCC3)c3nc4n(c3n2)CCOC4(C)C)c1. The molecule has 8 heteroatoms. The lowest BCUT2D eigenvalue weighted by atomic mass is 10.1. The number of morpholine rings is 1. The van der Waals surface area contributed by atoms with Gasteiger partial charge >= 0.3 is 0 Å². The summed E-state index contributed by atoms with van der Waals surface area (Å²) in [5.41, 5.74) is 3.28. The van der Waals surface area contributed by atoms with Gasteiger partial charge in [0.05, 0.1) is 19.8 Å². The fourth-order valence-corrected chi connectivity index (χ4v) is 4.05. The van der Waals surface area contributed by atoms with Crippen LogP contribution in [-0.2, 0) is 21.6 Å². The highest BCUT2D eigenvalue weighted by Gasteiger charge is 2.34. The maximum absolute atomic E-state index is 5.98. The smallest absolute Gasteiger partial charge is 0.166 e.